The van der Waals surface area contributed by atoms with Crippen LogP contribution in [0, 0.1) is 0 Å². The molecule has 0 bridgehead atoms. The first-order valence-corrected chi connectivity index (χ1v) is 5.83. The second kappa shape index (κ2) is 5.63. The number of rotatable bonds is 3. The van der Waals surface area contributed by atoms with Crippen molar-refractivity contribution < 1.29 is 9.94 Å². The van der Waals surface area contributed by atoms with E-state index in [2.05, 4.69) is 20.3 Å². The van der Waals surface area contributed by atoms with E-state index in [4.69, 9.17) is 15.7 Å². The number of nitrogens with two attached hydrogens (primary N) is 1. The number of oxime groups is 1. The summed E-state index contributed by atoms with van der Waals surface area (Å²) >= 11 is 0. The van der Waals surface area contributed by atoms with Crippen molar-refractivity contribution in [3.05, 3.63) is 17.8 Å². The van der Waals surface area contributed by atoms with Crippen molar-refractivity contribution in [3.8, 4) is 0 Å². The van der Waals surface area contributed by atoms with Gasteiger partial charge in [-0.05, 0) is 18.9 Å². The summed E-state index contributed by atoms with van der Waals surface area (Å²) in [4.78, 5) is 2.08. The molecule has 18 heavy (non-hydrogen) atoms. The van der Waals surface area contributed by atoms with Gasteiger partial charge in [0.25, 0.3) is 0 Å². The molecule has 98 valence electrons. The van der Waals surface area contributed by atoms with Crippen LogP contribution in [-0.2, 0) is 4.74 Å². The Kier molecular flexibility index (Phi) is 3.93. The minimum absolute atomic E-state index is 0.0498. The zero-order chi connectivity index (χ0) is 13.0. The number of hydrogen-bond acceptors (Lipinski definition) is 6. The van der Waals surface area contributed by atoms with Crippen LogP contribution in [0.15, 0.2) is 17.4 Å². The third-order valence-corrected chi connectivity index (χ3v) is 3.16. The van der Waals surface area contributed by atoms with Gasteiger partial charge in [0.15, 0.2) is 11.7 Å². The van der Waals surface area contributed by atoms with Crippen molar-refractivity contribution in [2.24, 2.45) is 10.9 Å². The van der Waals surface area contributed by atoms with Gasteiger partial charge in [-0.2, -0.15) is 5.10 Å². The van der Waals surface area contributed by atoms with Crippen LogP contribution in [-0.4, -0.2) is 47.5 Å². The molecular weight excluding hydrogens is 234 g/mol. The van der Waals surface area contributed by atoms with Gasteiger partial charge in [-0.15, -0.1) is 5.10 Å². The Morgan fingerprint density at radius 3 is 2.89 bits per heavy atom. The molecule has 1 aromatic rings. The molecule has 0 saturated carbocycles. The molecule has 0 radical (unpaired) electrons. The first-order valence-electron chi connectivity index (χ1n) is 5.83. The Labute approximate surface area is 105 Å². The maximum absolute atomic E-state index is 8.77. The van der Waals surface area contributed by atoms with Crippen molar-refractivity contribution in [3.63, 3.8) is 0 Å². The molecule has 0 spiro atoms. The molecule has 1 aromatic heterocycles. The van der Waals surface area contributed by atoms with E-state index in [-0.39, 0.29) is 5.84 Å². The molecule has 7 nitrogen and oxygen atoms in total. The summed E-state index contributed by atoms with van der Waals surface area (Å²) in [5, 5.41) is 19.7. The van der Waals surface area contributed by atoms with Gasteiger partial charge in [-0.25, -0.2) is 0 Å². The topological polar surface area (TPSA) is 96.9 Å². The Morgan fingerprint density at radius 1 is 1.56 bits per heavy atom. The molecular formula is C11H17N5O2. The third kappa shape index (κ3) is 2.51. The highest BCUT2D eigenvalue weighted by molar-refractivity contribution is 6.01. The van der Waals surface area contributed by atoms with Crippen molar-refractivity contribution in [1.29, 1.82) is 0 Å². The van der Waals surface area contributed by atoms with E-state index in [1.807, 2.05) is 0 Å². The Hall–Kier alpha value is -1.89. The second-order valence-electron chi connectivity index (χ2n) is 4.18. The number of amidine groups is 1. The first kappa shape index (κ1) is 12.6. The Bertz CT molecular complexity index is 429. The van der Waals surface area contributed by atoms with Crippen LogP contribution in [0.5, 0.6) is 0 Å². The highest BCUT2D eigenvalue weighted by atomic mass is 16.5. The average Bonchev–Trinajstić information content (AvgIpc) is 2.46. The summed E-state index contributed by atoms with van der Waals surface area (Å²) in [5.41, 5.74) is 6.24. The third-order valence-electron chi connectivity index (χ3n) is 3.16. The average molecular weight is 251 g/mol. The molecule has 1 aliphatic heterocycles. The van der Waals surface area contributed by atoms with E-state index < -0.39 is 0 Å². The van der Waals surface area contributed by atoms with E-state index in [1.165, 1.54) is 6.20 Å². The van der Waals surface area contributed by atoms with Crippen molar-refractivity contribution in [1.82, 2.24) is 10.2 Å². The summed E-state index contributed by atoms with van der Waals surface area (Å²) < 4.78 is 5.32. The van der Waals surface area contributed by atoms with Gasteiger partial charge in [0.05, 0.1) is 17.9 Å². The molecule has 2 heterocycles. The van der Waals surface area contributed by atoms with Crippen molar-refractivity contribution in [2.45, 2.75) is 18.9 Å². The fourth-order valence-electron chi connectivity index (χ4n) is 2.11. The quantitative estimate of drug-likeness (QED) is 0.344. The fraction of sp³-hybridized carbons (Fsp3) is 0.545. The maximum Gasteiger partial charge on any atom is 0.173 e. The van der Waals surface area contributed by atoms with Crippen LogP contribution < -0.4 is 10.6 Å². The van der Waals surface area contributed by atoms with E-state index in [1.54, 1.807) is 13.2 Å². The van der Waals surface area contributed by atoms with Crippen LogP contribution in [0.25, 0.3) is 0 Å². The number of hydrogen-bond donors (Lipinski definition) is 2. The standard InChI is InChI=1S/C11H17N5O2/c1-18-8-3-6-16(7-4-8)11-9(10(12)15-17)2-5-13-14-11/h2,5,8,17H,3-4,6-7H2,1H3,(H2,12,15). The Morgan fingerprint density at radius 2 is 2.28 bits per heavy atom. The van der Waals surface area contributed by atoms with E-state index in [0.717, 1.165) is 25.9 Å². The number of aromatic nitrogens is 2. The molecule has 1 fully saturated rings. The number of methoxy groups -OCH3 is 1. The van der Waals surface area contributed by atoms with Gasteiger partial charge in [0, 0.05) is 20.2 Å². The molecule has 0 atom stereocenters. The first-order chi connectivity index (χ1) is 8.76. The molecule has 7 heteroatoms. The van der Waals surface area contributed by atoms with Gasteiger partial charge in [0.1, 0.15) is 0 Å². The monoisotopic (exact) mass is 251 g/mol. The van der Waals surface area contributed by atoms with Gasteiger partial charge >= 0.3 is 0 Å². The largest absolute Gasteiger partial charge is 0.409 e. The summed E-state index contributed by atoms with van der Waals surface area (Å²) in [6.07, 6.45) is 3.69. The SMILES string of the molecule is COC1CCN(c2nnccc2/C(N)=N/O)CC1. The van der Waals surface area contributed by atoms with Crippen LogP contribution in [0.3, 0.4) is 0 Å². The summed E-state index contributed by atoms with van der Waals surface area (Å²) in [6, 6.07) is 1.69. The van der Waals surface area contributed by atoms with E-state index in [9.17, 15) is 0 Å². The van der Waals surface area contributed by atoms with Gasteiger partial charge < -0.3 is 20.6 Å². The van der Waals surface area contributed by atoms with Gasteiger partial charge in [0.2, 0.25) is 0 Å². The summed E-state index contributed by atoms with van der Waals surface area (Å²) in [7, 11) is 1.73. The van der Waals surface area contributed by atoms with Crippen LogP contribution in [0.4, 0.5) is 5.82 Å². The number of ether oxygens (including phenoxy) is 1. The molecule has 0 unspecified atom stereocenters. The van der Waals surface area contributed by atoms with E-state index in [0.29, 0.717) is 17.5 Å². The number of nitrogens with zero attached hydrogens (tertiary/aromatic N) is 4. The number of piperidine rings is 1. The highest BCUT2D eigenvalue weighted by Gasteiger charge is 2.22. The van der Waals surface area contributed by atoms with Crippen LogP contribution in [0.1, 0.15) is 18.4 Å². The lowest BCUT2D eigenvalue weighted by molar-refractivity contribution is 0.0817. The molecule has 0 amide bonds. The Balaban J connectivity index is 2.19. The molecule has 0 aromatic carbocycles. The predicted octanol–water partition coefficient (Wildman–Crippen LogP) is 0.186. The van der Waals surface area contributed by atoms with Crippen molar-refractivity contribution in [2.75, 3.05) is 25.1 Å². The molecule has 3 N–H and O–H groups in total. The van der Waals surface area contributed by atoms with Crippen molar-refractivity contribution >= 4 is 11.7 Å². The van der Waals surface area contributed by atoms with Crippen LogP contribution in [0.2, 0.25) is 0 Å². The minimum Gasteiger partial charge on any atom is -0.409 e. The zero-order valence-electron chi connectivity index (χ0n) is 10.3. The van der Waals surface area contributed by atoms with Gasteiger partial charge in [-0.3, -0.25) is 0 Å². The lowest BCUT2D eigenvalue weighted by atomic mass is 10.1. The van der Waals surface area contributed by atoms with Crippen LogP contribution >= 0.6 is 0 Å². The predicted molar refractivity (Wildman–Crippen MR) is 66.8 cm³/mol. The summed E-state index contributed by atoms with van der Waals surface area (Å²) in [5.74, 6) is 0.705. The number of anilines is 1. The normalized spacial score (nSPS) is 18.1. The molecule has 1 saturated heterocycles. The molecule has 0 aliphatic carbocycles. The summed E-state index contributed by atoms with van der Waals surface area (Å²) in [6.45, 7) is 1.64. The lowest BCUT2D eigenvalue weighted by Gasteiger charge is -2.32. The van der Waals surface area contributed by atoms with Gasteiger partial charge in [-0.1, -0.05) is 5.16 Å². The lowest BCUT2D eigenvalue weighted by Crippen LogP contribution is -2.38. The minimum atomic E-state index is 0.0498. The smallest absolute Gasteiger partial charge is 0.173 e. The fourth-order valence-corrected chi connectivity index (χ4v) is 2.11. The molecule has 1 aliphatic rings. The maximum atomic E-state index is 8.77. The second-order valence-corrected chi connectivity index (χ2v) is 4.18. The zero-order valence-corrected chi connectivity index (χ0v) is 10.3. The van der Waals surface area contributed by atoms with E-state index >= 15 is 0 Å². The molecule has 2 rings (SSSR count). The highest BCUT2D eigenvalue weighted by Crippen LogP contribution is 2.21.